The Bertz CT molecular complexity index is 489. The zero-order valence-electron chi connectivity index (χ0n) is 10.7. The molecule has 1 aromatic carbocycles. The molecule has 0 bridgehead atoms. The van der Waals surface area contributed by atoms with E-state index >= 15 is 0 Å². The number of carbonyl (C=O) groups is 2. The molecule has 0 unspecified atom stereocenters. The fourth-order valence-corrected chi connectivity index (χ4v) is 2.17. The van der Waals surface area contributed by atoms with Gasteiger partial charge in [0.05, 0.1) is 5.75 Å². The van der Waals surface area contributed by atoms with Gasteiger partial charge in [-0.1, -0.05) is 12.1 Å². The summed E-state index contributed by atoms with van der Waals surface area (Å²) in [7, 11) is 0. The number of hydrogen-bond acceptors (Lipinski definition) is 4. The Morgan fingerprint density at radius 1 is 1.47 bits per heavy atom. The molecule has 0 fully saturated rings. The molecule has 1 rings (SSSR count). The lowest BCUT2D eigenvalue weighted by Crippen LogP contribution is -2.40. The summed E-state index contributed by atoms with van der Waals surface area (Å²) in [6, 6.07) is 5.01. The lowest BCUT2D eigenvalue weighted by Gasteiger charge is -2.08. The van der Waals surface area contributed by atoms with Crippen LogP contribution in [-0.2, 0) is 4.79 Å². The van der Waals surface area contributed by atoms with Crippen LogP contribution in [0.2, 0.25) is 0 Å². The second kappa shape index (κ2) is 7.48. The van der Waals surface area contributed by atoms with Crippen molar-refractivity contribution in [1.29, 1.82) is 0 Å². The minimum absolute atomic E-state index is 0.159. The van der Waals surface area contributed by atoms with Crippen LogP contribution < -0.4 is 16.4 Å². The standard InChI is InChI=1S/C13H17N3O2S/c1-3-7-15-13(18)16-12(17)8-19-11-6-4-5-10(14)9(11)2/h3-6H,1,7-8,14H2,2H3,(H2,15,16,17,18). The van der Waals surface area contributed by atoms with Gasteiger partial charge < -0.3 is 11.1 Å². The van der Waals surface area contributed by atoms with E-state index in [4.69, 9.17) is 5.73 Å². The number of benzene rings is 1. The molecule has 0 spiro atoms. The predicted octanol–water partition coefficient (Wildman–Crippen LogP) is 1.68. The number of amides is 3. The molecule has 0 atom stereocenters. The lowest BCUT2D eigenvalue weighted by molar-refractivity contribution is -0.117. The highest BCUT2D eigenvalue weighted by molar-refractivity contribution is 8.00. The average Bonchev–Trinajstić information content (AvgIpc) is 2.38. The van der Waals surface area contributed by atoms with E-state index in [1.54, 1.807) is 0 Å². The molecule has 0 aliphatic heterocycles. The minimum atomic E-state index is -0.519. The van der Waals surface area contributed by atoms with Crippen molar-refractivity contribution in [1.82, 2.24) is 10.6 Å². The van der Waals surface area contributed by atoms with Crippen LogP contribution in [-0.4, -0.2) is 24.2 Å². The number of imide groups is 1. The molecular weight excluding hydrogens is 262 g/mol. The summed E-state index contributed by atoms with van der Waals surface area (Å²) in [5, 5.41) is 4.69. The van der Waals surface area contributed by atoms with Crippen molar-refractivity contribution in [2.24, 2.45) is 0 Å². The number of anilines is 1. The molecule has 0 radical (unpaired) electrons. The molecule has 102 valence electrons. The van der Waals surface area contributed by atoms with Gasteiger partial charge in [0.2, 0.25) is 5.91 Å². The first-order valence-electron chi connectivity index (χ1n) is 5.71. The van der Waals surface area contributed by atoms with Gasteiger partial charge in [0, 0.05) is 17.1 Å². The Morgan fingerprint density at radius 2 is 2.21 bits per heavy atom. The van der Waals surface area contributed by atoms with Crippen molar-refractivity contribution in [2.75, 3.05) is 18.0 Å². The molecule has 0 aliphatic rings. The third-order valence-electron chi connectivity index (χ3n) is 2.34. The molecule has 1 aromatic rings. The largest absolute Gasteiger partial charge is 0.398 e. The zero-order valence-corrected chi connectivity index (χ0v) is 11.5. The SMILES string of the molecule is C=CCNC(=O)NC(=O)CSc1cccc(N)c1C. The topological polar surface area (TPSA) is 84.2 Å². The summed E-state index contributed by atoms with van der Waals surface area (Å²) in [5.41, 5.74) is 7.41. The molecular formula is C13H17N3O2S. The molecule has 19 heavy (non-hydrogen) atoms. The molecule has 0 aromatic heterocycles. The van der Waals surface area contributed by atoms with Crippen LogP contribution in [0.5, 0.6) is 0 Å². The lowest BCUT2D eigenvalue weighted by atomic mass is 10.2. The molecule has 3 amide bonds. The van der Waals surface area contributed by atoms with E-state index in [1.807, 2.05) is 25.1 Å². The summed E-state index contributed by atoms with van der Waals surface area (Å²) < 4.78 is 0. The Morgan fingerprint density at radius 3 is 2.89 bits per heavy atom. The second-order valence-corrected chi connectivity index (χ2v) is 4.82. The van der Waals surface area contributed by atoms with Gasteiger partial charge >= 0.3 is 6.03 Å². The van der Waals surface area contributed by atoms with Gasteiger partial charge in [-0.05, 0) is 24.6 Å². The normalized spacial score (nSPS) is 9.74. The maximum Gasteiger partial charge on any atom is 0.321 e. The maximum atomic E-state index is 11.5. The van der Waals surface area contributed by atoms with Crippen molar-refractivity contribution in [3.05, 3.63) is 36.4 Å². The van der Waals surface area contributed by atoms with Crippen molar-refractivity contribution < 1.29 is 9.59 Å². The Kier molecular flexibility index (Phi) is 5.95. The molecule has 6 heteroatoms. The van der Waals surface area contributed by atoms with Crippen LogP contribution >= 0.6 is 11.8 Å². The van der Waals surface area contributed by atoms with Gasteiger partial charge in [0.1, 0.15) is 0 Å². The Labute approximate surface area is 116 Å². The number of rotatable bonds is 5. The molecule has 5 nitrogen and oxygen atoms in total. The van der Waals surface area contributed by atoms with Gasteiger partial charge in [0.25, 0.3) is 0 Å². The number of nitrogens with one attached hydrogen (secondary N) is 2. The first kappa shape index (κ1) is 15.1. The summed E-state index contributed by atoms with van der Waals surface area (Å²) >= 11 is 1.34. The van der Waals surface area contributed by atoms with Crippen LogP contribution in [0.25, 0.3) is 0 Å². The quantitative estimate of drug-likeness (QED) is 0.435. The van der Waals surface area contributed by atoms with E-state index in [9.17, 15) is 9.59 Å². The predicted molar refractivity (Wildman–Crippen MR) is 78.1 cm³/mol. The maximum absolute atomic E-state index is 11.5. The summed E-state index contributed by atoms with van der Waals surface area (Å²) in [5.74, 6) is -0.195. The molecule has 0 heterocycles. The average molecular weight is 279 g/mol. The number of nitrogens with two attached hydrogens (primary N) is 1. The third kappa shape index (κ3) is 5.05. The summed E-state index contributed by atoms with van der Waals surface area (Å²) in [4.78, 5) is 23.7. The van der Waals surface area contributed by atoms with Crippen LogP contribution in [0.15, 0.2) is 35.7 Å². The van der Waals surface area contributed by atoms with Crippen molar-refractivity contribution in [2.45, 2.75) is 11.8 Å². The number of hydrogen-bond donors (Lipinski definition) is 3. The zero-order chi connectivity index (χ0) is 14.3. The Hall–Kier alpha value is -1.95. The van der Waals surface area contributed by atoms with E-state index in [0.717, 1.165) is 10.5 Å². The Balaban J connectivity index is 2.44. The van der Waals surface area contributed by atoms with E-state index in [-0.39, 0.29) is 11.7 Å². The van der Waals surface area contributed by atoms with Gasteiger partial charge in [-0.25, -0.2) is 4.79 Å². The molecule has 0 aliphatic carbocycles. The molecule has 0 saturated carbocycles. The van der Waals surface area contributed by atoms with Gasteiger partial charge in [-0.15, -0.1) is 18.3 Å². The molecule has 4 N–H and O–H groups in total. The van der Waals surface area contributed by atoms with Crippen molar-refractivity contribution in [3.8, 4) is 0 Å². The number of carbonyl (C=O) groups excluding carboxylic acids is 2. The first-order chi connectivity index (χ1) is 9.04. The van der Waals surface area contributed by atoms with E-state index < -0.39 is 6.03 Å². The fraction of sp³-hybridized carbons (Fsp3) is 0.231. The summed E-state index contributed by atoms with van der Waals surface area (Å²) in [6.07, 6.45) is 1.54. The van der Waals surface area contributed by atoms with Gasteiger partial charge in [-0.2, -0.15) is 0 Å². The summed E-state index contributed by atoms with van der Waals surface area (Å²) in [6.45, 7) is 5.68. The second-order valence-electron chi connectivity index (χ2n) is 3.81. The van der Waals surface area contributed by atoms with Crippen LogP contribution in [0.1, 0.15) is 5.56 Å². The highest BCUT2D eigenvalue weighted by Gasteiger charge is 2.09. The van der Waals surface area contributed by atoms with E-state index in [0.29, 0.717) is 12.2 Å². The smallest absolute Gasteiger partial charge is 0.321 e. The van der Waals surface area contributed by atoms with E-state index in [2.05, 4.69) is 17.2 Å². The van der Waals surface area contributed by atoms with Crippen LogP contribution in [0.3, 0.4) is 0 Å². The third-order valence-corrected chi connectivity index (χ3v) is 3.50. The van der Waals surface area contributed by atoms with Crippen molar-refractivity contribution in [3.63, 3.8) is 0 Å². The highest BCUT2D eigenvalue weighted by atomic mass is 32.2. The monoisotopic (exact) mass is 279 g/mol. The number of thioether (sulfide) groups is 1. The van der Waals surface area contributed by atoms with Crippen molar-refractivity contribution >= 4 is 29.4 Å². The van der Waals surface area contributed by atoms with Gasteiger partial charge in [0.15, 0.2) is 0 Å². The highest BCUT2D eigenvalue weighted by Crippen LogP contribution is 2.25. The first-order valence-corrected chi connectivity index (χ1v) is 6.69. The van der Waals surface area contributed by atoms with E-state index in [1.165, 1.54) is 17.8 Å². The molecule has 0 saturated heterocycles. The number of nitrogen functional groups attached to an aromatic ring is 1. The fourth-order valence-electron chi connectivity index (χ4n) is 1.30. The van der Waals surface area contributed by atoms with Crippen LogP contribution in [0.4, 0.5) is 10.5 Å². The van der Waals surface area contributed by atoms with Crippen LogP contribution in [0, 0.1) is 6.92 Å². The minimum Gasteiger partial charge on any atom is -0.398 e. The number of urea groups is 1. The van der Waals surface area contributed by atoms with Gasteiger partial charge in [-0.3, -0.25) is 10.1 Å².